The summed E-state index contributed by atoms with van der Waals surface area (Å²) in [4.78, 5) is 33.9. The van der Waals surface area contributed by atoms with Crippen LogP contribution in [0.4, 0.5) is 0 Å². The van der Waals surface area contributed by atoms with Crippen molar-refractivity contribution in [3.05, 3.63) is 15.3 Å². The molecule has 64 valence electrons. The topological polar surface area (TPSA) is 189 Å². The molecule has 0 radical (unpaired) electrons. The van der Waals surface area contributed by atoms with Gasteiger partial charge in [0.15, 0.2) is 0 Å². The number of phosphoric acid groups is 1. The van der Waals surface area contributed by atoms with Crippen LogP contribution in [-0.2, 0) is 4.57 Å². The van der Waals surface area contributed by atoms with Gasteiger partial charge in [0.25, 0.3) is 0 Å². The summed E-state index contributed by atoms with van der Waals surface area (Å²) < 4.78 is 8.55. The largest absolute Gasteiger partial charge is 0.822 e. The first kappa shape index (κ1) is 16.1. The Kier molecular flexibility index (Phi) is 10.3. The molecule has 0 aromatic heterocycles. The number of hydrogen-bond donors (Lipinski definition) is 1. The maximum Gasteiger partial charge on any atom is 0.0689 e. The highest BCUT2D eigenvalue weighted by molar-refractivity contribution is 7.40. The van der Waals surface area contributed by atoms with E-state index in [2.05, 4.69) is 0 Å². The van der Waals surface area contributed by atoms with Crippen molar-refractivity contribution in [2.75, 3.05) is 0 Å². The molecule has 0 amide bonds. The van der Waals surface area contributed by atoms with Crippen LogP contribution < -0.4 is 20.8 Å². The predicted octanol–water partition coefficient (Wildman–Crippen LogP) is -2.69. The predicted molar refractivity (Wildman–Crippen MR) is 24.0 cm³/mol. The van der Waals surface area contributed by atoms with Crippen molar-refractivity contribution in [3.8, 4) is 0 Å². The Balaban J connectivity index is -0.0000000910. The zero-order chi connectivity index (χ0) is 8.08. The van der Waals surface area contributed by atoms with Gasteiger partial charge in [-0.2, -0.15) is 7.82 Å². The van der Waals surface area contributed by atoms with Crippen molar-refractivity contribution in [2.24, 2.45) is 0 Å². The third-order valence-corrected chi connectivity index (χ3v) is 0. The first-order valence-electron chi connectivity index (χ1n) is 1.28. The molecule has 4 N–H and O–H groups in total. The minimum atomic E-state index is -5.39. The fraction of sp³-hybridized carbons (Fsp3) is 0. The molecule has 0 fully saturated rings. The third kappa shape index (κ3) is 536. The Morgan fingerprint density at radius 3 is 1.10 bits per heavy atom. The van der Waals surface area contributed by atoms with Crippen molar-refractivity contribution in [3.63, 3.8) is 0 Å². The van der Waals surface area contributed by atoms with E-state index in [4.69, 9.17) is 34.6 Å². The van der Waals surface area contributed by atoms with E-state index in [0.29, 0.717) is 0 Å². The van der Waals surface area contributed by atoms with Gasteiger partial charge in [0.05, 0.1) is 5.09 Å². The Bertz CT molecular complexity index is 111. The summed E-state index contributed by atoms with van der Waals surface area (Å²) in [5.41, 5.74) is 0. The van der Waals surface area contributed by atoms with Gasteiger partial charge >= 0.3 is 0 Å². The highest BCUT2D eigenvalue weighted by atomic mass is 31.2. The number of hydrogen-bond acceptors (Lipinski definition) is 7. The summed E-state index contributed by atoms with van der Waals surface area (Å²) in [5, 5.41) is 14.8. The van der Waals surface area contributed by atoms with E-state index in [-0.39, 0.29) is 6.15 Å². The fourth-order valence-corrected chi connectivity index (χ4v) is 0. The lowest BCUT2D eigenvalue weighted by molar-refractivity contribution is -0.432. The highest BCUT2D eigenvalue weighted by Gasteiger charge is 1.45. The van der Waals surface area contributed by atoms with Crippen molar-refractivity contribution in [1.29, 1.82) is 0 Å². The summed E-state index contributed by atoms with van der Waals surface area (Å²) in [6.45, 7) is 0. The van der Waals surface area contributed by atoms with Gasteiger partial charge in [-0.15, -0.1) is 0 Å². The van der Waals surface area contributed by atoms with Crippen LogP contribution in [0, 0.1) is 15.3 Å². The Morgan fingerprint density at radius 1 is 1.10 bits per heavy atom. The Hall–Kier alpha value is -0.730. The second-order valence-electron chi connectivity index (χ2n) is 0.671. The van der Waals surface area contributed by atoms with Crippen LogP contribution >= 0.6 is 7.82 Å². The van der Waals surface area contributed by atoms with E-state index >= 15 is 0 Å². The van der Waals surface area contributed by atoms with Gasteiger partial charge in [0.1, 0.15) is 0 Å². The number of quaternary nitrogens is 1. The Labute approximate surface area is 54.8 Å². The van der Waals surface area contributed by atoms with Gasteiger partial charge in [0.2, 0.25) is 0 Å². The molecule has 0 heterocycles. The normalized spacial score (nSPS) is 8.30. The maximum absolute atomic E-state index is 8.55. The Morgan fingerprint density at radius 2 is 1.10 bits per heavy atom. The second-order valence-corrected chi connectivity index (χ2v) is 1.57. The molecule has 0 saturated carbocycles. The number of nitrogens with zero attached hydrogens (tertiary/aromatic N) is 1. The van der Waals surface area contributed by atoms with Crippen LogP contribution in [0.3, 0.4) is 0 Å². The molecule has 0 aromatic carbocycles. The van der Waals surface area contributed by atoms with Crippen molar-refractivity contribution < 1.29 is 24.3 Å². The molecule has 0 atom stereocenters. The lowest BCUT2D eigenvalue weighted by Gasteiger charge is -2.36. The summed E-state index contributed by atoms with van der Waals surface area (Å²) in [7, 11) is -5.39. The van der Waals surface area contributed by atoms with E-state index in [9.17, 15) is 0 Å². The molecule has 0 rings (SSSR count). The van der Waals surface area contributed by atoms with E-state index in [1.54, 1.807) is 0 Å². The average molecular weight is 175 g/mol. The SMILES string of the molecule is O=P([O-])([O-])[O-].O=[N+]([O-])[O-].[NH4+]. The summed E-state index contributed by atoms with van der Waals surface area (Å²) in [6.07, 6.45) is 0. The van der Waals surface area contributed by atoms with Crippen molar-refractivity contribution in [2.45, 2.75) is 0 Å². The van der Waals surface area contributed by atoms with Crippen molar-refractivity contribution in [1.82, 2.24) is 6.15 Å². The van der Waals surface area contributed by atoms with E-state index in [0.717, 1.165) is 0 Å². The lowest BCUT2D eigenvalue weighted by atomic mass is 13.1. The molecule has 10 heteroatoms. The monoisotopic (exact) mass is 175 g/mol. The van der Waals surface area contributed by atoms with Crippen LogP contribution in [0.5, 0.6) is 0 Å². The fourth-order valence-electron chi connectivity index (χ4n) is 0. The first-order chi connectivity index (χ1) is 3.73. The van der Waals surface area contributed by atoms with Crippen LogP contribution in [0.1, 0.15) is 0 Å². The zero-order valence-electron chi connectivity index (χ0n) is 4.75. The summed E-state index contributed by atoms with van der Waals surface area (Å²) in [5.74, 6) is 0. The van der Waals surface area contributed by atoms with Crippen molar-refractivity contribution >= 4 is 7.82 Å². The smallest absolute Gasteiger partial charge is 0.0689 e. The molecular formula is H4N2O7P-3. The zero-order valence-corrected chi connectivity index (χ0v) is 5.65. The molecule has 0 aliphatic heterocycles. The van der Waals surface area contributed by atoms with Crippen LogP contribution in [0.15, 0.2) is 0 Å². The minimum Gasteiger partial charge on any atom is -0.822 e. The molecule has 10 heavy (non-hydrogen) atoms. The molecule has 9 nitrogen and oxygen atoms in total. The van der Waals surface area contributed by atoms with Gasteiger partial charge in [0, 0.05) is 0 Å². The first-order valence-corrected chi connectivity index (χ1v) is 2.74. The number of rotatable bonds is 0. The quantitative estimate of drug-likeness (QED) is 0.235. The third-order valence-electron chi connectivity index (χ3n) is 0. The molecule has 0 spiro atoms. The molecule has 0 aliphatic rings. The van der Waals surface area contributed by atoms with Gasteiger partial charge in [-0.1, -0.05) is 0 Å². The standard InChI is InChI=1S/NO3.H3N.H3O4P/c2-1(3)4;;1-5(2,3)4/h;1H3;(H3,1,2,3,4)/q-1;;/p-2. The maximum atomic E-state index is 8.55. The summed E-state index contributed by atoms with van der Waals surface area (Å²) >= 11 is 0. The highest BCUT2D eigenvalue weighted by Crippen LogP contribution is 2.03. The van der Waals surface area contributed by atoms with Gasteiger partial charge in [-0.05, 0) is 0 Å². The molecule has 0 saturated heterocycles. The molecular weight excluding hydrogens is 171 g/mol. The van der Waals surface area contributed by atoms with Gasteiger partial charge in [-0.3, -0.25) is 0 Å². The van der Waals surface area contributed by atoms with E-state index in [1.165, 1.54) is 0 Å². The average Bonchev–Trinajstić information content (AvgIpc) is 1.19. The summed E-state index contributed by atoms with van der Waals surface area (Å²) in [6, 6.07) is 0. The molecule has 0 bridgehead atoms. The van der Waals surface area contributed by atoms with Gasteiger partial charge in [-0.25, -0.2) is 0 Å². The molecule has 0 aliphatic carbocycles. The molecule has 0 aromatic rings. The lowest BCUT2D eigenvalue weighted by Crippen LogP contribution is -2.24. The molecule has 0 unspecified atom stereocenters. The van der Waals surface area contributed by atoms with Crippen LogP contribution in [-0.4, -0.2) is 5.09 Å². The van der Waals surface area contributed by atoms with Gasteiger partial charge < -0.3 is 40.7 Å². The van der Waals surface area contributed by atoms with Crippen LogP contribution in [0.2, 0.25) is 0 Å². The van der Waals surface area contributed by atoms with E-state index in [1.807, 2.05) is 0 Å². The van der Waals surface area contributed by atoms with Crippen LogP contribution in [0.25, 0.3) is 0 Å². The minimum absolute atomic E-state index is 0. The second kappa shape index (κ2) is 6.39. The van der Waals surface area contributed by atoms with E-state index < -0.39 is 12.9 Å².